The van der Waals surface area contributed by atoms with E-state index in [-0.39, 0.29) is 6.09 Å². The van der Waals surface area contributed by atoms with E-state index >= 15 is 0 Å². The summed E-state index contributed by atoms with van der Waals surface area (Å²) in [4.78, 5) is 13.4. The Labute approximate surface area is 119 Å². The molecular formula is C15H22N2O3. The molecule has 20 heavy (non-hydrogen) atoms. The van der Waals surface area contributed by atoms with Crippen molar-refractivity contribution in [2.45, 2.75) is 25.8 Å². The van der Waals surface area contributed by atoms with E-state index in [4.69, 9.17) is 9.47 Å². The molecule has 1 fully saturated rings. The molecule has 0 atom stereocenters. The molecule has 0 spiro atoms. The van der Waals surface area contributed by atoms with Gasteiger partial charge in [-0.15, -0.1) is 0 Å². The van der Waals surface area contributed by atoms with Crippen LogP contribution in [0.15, 0.2) is 24.3 Å². The summed E-state index contributed by atoms with van der Waals surface area (Å²) in [6.07, 6.45) is 1.67. The molecular weight excluding hydrogens is 256 g/mol. The van der Waals surface area contributed by atoms with Crippen molar-refractivity contribution in [1.82, 2.24) is 4.90 Å². The van der Waals surface area contributed by atoms with Crippen molar-refractivity contribution in [2.24, 2.45) is 0 Å². The van der Waals surface area contributed by atoms with E-state index in [1.807, 2.05) is 31.2 Å². The topological polar surface area (TPSA) is 50.8 Å². The number of benzene rings is 1. The number of ether oxygens (including phenoxy) is 2. The zero-order chi connectivity index (χ0) is 14.4. The Morgan fingerprint density at radius 1 is 1.30 bits per heavy atom. The lowest BCUT2D eigenvalue weighted by molar-refractivity contribution is 0.0983. The van der Waals surface area contributed by atoms with Gasteiger partial charge in [-0.05, 0) is 44.0 Å². The summed E-state index contributed by atoms with van der Waals surface area (Å²) in [5, 5.41) is 3.49. The van der Waals surface area contributed by atoms with Crippen LogP contribution in [0.1, 0.15) is 19.8 Å². The van der Waals surface area contributed by atoms with Crippen LogP contribution in [0.2, 0.25) is 0 Å². The molecule has 1 N–H and O–H groups in total. The first kappa shape index (κ1) is 14.5. The van der Waals surface area contributed by atoms with Gasteiger partial charge in [-0.1, -0.05) is 0 Å². The Balaban J connectivity index is 1.80. The molecule has 1 aromatic rings. The van der Waals surface area contributed by atoms with Crippen molar-refractivity contribution < 1.29 is 14.3 Å². The van der Waals surface area contributed by atoms with E-state index in [9.17, 15) is 4.79 Å². The number of carbonyl (C=O) groups is 1. The zero-order valence-corrected chi connectivity index (χ0v) is 12.1. The molecule has 5 heteroatoms. The number of hydrogen-bond donors (Lipinski definition) is 1. The molecule has 1 aliphatic rings. The summed E-state index contributed by atoms with van der Waals surface area (Å²) in [5.74, 6) is 0.854. The number of likely N-dealkylation sites (tertiary alicyclic amines) is 1. The summed E-state index contributed by atoms with van der Waals surface area (Å²) in [6, 6.07) is 8.30. The van der Waals surface area contributed by atoms with Crippen molar-refractivity contribution >= 4 is 11.8 Å². The monoisotopic (exact) mass is 278 g/mol. The first-order valence-electron chi connectivity index (χ1n) is 7.05. The molecule has 5 nitrogen and oxygen atoms in total. The number of nitrogens with zero attached hydrogens (tertiary/aromatic N) is 1. The quantitative estimate of drug-likeness (QED) is 0.920. The number of nitrogens with one attached hydrogen (secondary N) is 1. The second-order valence-electron chi connectivity index (χ2n) is 4.83. The molecule has 1 heterocycles. The molecule has 1 amide bonds. The minimum Gasteiger partial charge on any atom is -0.497 e. The van der Waals surface area contributed by atoms with Crippen molar-refractivity contribution in [2.75, 3.05) is 32.1 Å². The number of anilines is 1. The van der Waals surface area contributed by atoms with Crippen LogP contribution < -0.4 is 10.1 Å². The predicted octanol–water partition coefficient (Wildman–Crippen LogP) is 2.73. The van der Waals surface area contributed by atoms with E-state index in [2.05, 4.69) is 5.32 Å². The van der Waals surface area contributed by atoms with Gasteiger partial charge in [-0.25, -0.2) is 4.79 Å². The fraction of sp³-hybridized carbons (Fsp3) is 0.533. The van der Waals surface area contributed by atoms with E-state index in [0.29, 0.717) is 12.6 Å². The van der Waals surface area contributed by atoms with Crippen LogP contribution in [0.4, 0.5) is 10.5 Å². The summed E-state index contributed by atoms with van der Waals surface area (Å²) >= 11 is 0. The molecule has 0 bridgehead atoms. The second kappa shape index (κ2) is 7.03. The van der Waals surface area contributed by atoms with Crippen molar-refractivity contribution in [3.63, 3.8) is 0 Å². The van der Waals surface area contributed by atoms with Gasteiger partial charge in [-0.3, -0.25) is 0 Å². The highest BCUT2D eigenvalue weighted by molar-refractivity contribution is 5.67. The fourth-order valence-corrected chi connectivity index (χ4v) is 2.34. The summed E-state index contributed by atoms with van der Waals surface area (Å²) < 4.78 is 10.1. The van der Waals surface area contributed by atoms with E-state index in [1.165, 1.54) is 0 Å². The first-order chi connectivity index (χ1) is 9.72. The van der Waals surface area contributed by atoms with E-state index in [1.54, 1.807) is 12.0 Å². The minimum atomic E-state index is -0.199. The Bertz CT molecular complexity index is 425. The van der Waals surface area contributed by atoms with Crippen LogP contribution in [0.5, 0.6) is 5.75 Å². The van der Waals surface area contributed by atoms with Gasteiger partial charge in [0.1, 0.15) is 5.75 Å². The van der Waals surface area contributed by atoms with Crippen molar-refractivity contribution in [3.05, 3.63) is 24.3 Å². The van der Waals surface area contributed by atoms with Crippen molar-refractivity contribution in [3.8, 4) is 5.75 Å². The lowest BCUT2D eigenvalue weighted by Crippen LogP contribution is -2.42. The van der Waals surface area contributed by atoms with Gasteiger partial charge in [-0.2, -0.15) is 0 Å². The summed E-state index contributed by atoms with van der Waals surface area (Å²) in [5.41, 5.74) is 1.08. The van der Waals surface area contributed by atoms with Crippen LogP contribution in [-0.2, 0) is 4.74 Å². The number of amides is 1. The Hall–Kier alpha value is -1.91. The van der Waals surface area contributed by atoms with Gasteiger partial charge in [0.2, 0.25) is 0 Å². The third-order valence-electron chi connectivity index (χ3n) is 3.48. The molecule has 1 aliphatic heterocycles. The highest BCUT2D eigenvalue weighted by Gasteiger charge is 2.23. The highest BCUT2D eigenvalue weighted by atomic mass is 16.6. The smallest absolute Gasteiger partial charge is 0.409 e. The lowest BCUT2D eigenvalue weighted by Gasteiger charge is -2.32. The maximum Gasteiger partial charge on any atom is 0.409 e. The predicted molar refractivity (Wildman–Crippen MR) is 78.2 cm³/mol. The maximum absolute atomic E-state index is 11.6. The third-order valence-corrected chi connectivity index (χ3v) is 3.48. The molecule has 0 aromatic heterocycles. The van der Waals surface area contributed by atoms with Crippen LogP contribution in [0.25, 0.3) is 0 Å². The van der Waals surface area contributed by atoms with Gasteiger partial charge in [0.15, 0.2) is 0 Å². The largest absolute Gasteiger partial charge is 0.497 e. The SMILES string of the molecule is CCOC(=O)N1CCC(Nc2ccc(OC)cc2)CC1. The average molecular weight is 278 g/mol. The lowest BCUT2D eigenvalue weighted by atomic mass is 10.1. The fourth-order valence-electron chi connectivity index (χ4n) is 2.34. The second-order valence-corrected chi connectivity index (χ2v) is 4.83. The minimum absolute atomic E-state index is 0.199. The molecule has 0 unspecified atom stereocenters. The Morgan fingerprint density at radius 2 is 1.95 bits per heavy atom. The molecule has 2 rings (SSSR count). The number of piperidine rings is 1. The number of methoxy groups -OCH3 is 1. The van der Waals surface area contributed by atoms with E-state index < -0.39 is 0 Å². The highest BCUT2D eigenvalue weighted by Crippen LogP contribution is 2.19. The molecule has 0 saturated carbocycles. The number of hydrogen-bond acceptors (Lipinski definition) is 4. The average Bonchev–Trinajstić information content (AvgIpc) is 2.49. The number of carbonyl (C=O) groups excluding carboxylic acids is 1. The van der Waals surface area contributed by atoms with Gasteiger partial charge in [0.05, 0.1) is 13.7 Å². The van der Waals surface area contributed by atoms with Gasteiger partial charge < -0.3 is 19.7 Å². The summed E-state index contributed by atoms with van der Waals surface area (Å²) in [7, 11) is 1.66. The molecule has 1 aromatic carbocycles. The standard InChI is InChI=1S/C15H22N2O3/c1-3-20-15(18)17-10-8-13(9-11-17)16-12-4-6-14(19-2)7-5-12/h4-7,13,16H,3,8-11H2,1-2H3. The normalized spacial score (nSPS) is 15.8. The summed E-state index contributed by atoms with van der Waals surface area (Å²) in [6.45, 7) is 3.75. The molecule has 0 radical (unpaired) electrons. The van der Waals surface area contributed by atoms with Gasteiger partial charge >= 0.3 is 6.09 Å². The zero-order valence-electron chi connectivity index (χ0n) is 12.1. The van der Waals surface area contributed by atoms with Crippen LogP contribution >= 0.6 is 0 Å². The molecule has 0 aliphatic carbocycles. The Kier molecular flexibility index (Phi) is 5.09. The first-order valence-corrected chi connectivity index (χ1v) is 7.05. The van der Waals surface area contributed by atoms with Gasteiger partial charge in [0, 0.05) is 24.8 Å². The third kappa shape index (κ3) is 3.79. The van der Waals surface area contributed by atoms with Crippen molar-refractivity contribution in [1.29, 1.82) is 0 Å². The molecule has 1 saturated heterocycles. The maximum atomic E-state index is 11.6. The van der Waals surface area contributed by atoms with Crippen LogP contribution in [0, 0.1) is 0 Å². The molecule has 110 valence electrons. The van der Waals surface area contributed by atoms with Crippen LogP contribution in [-0.4, -0.2) is 43.8 Å². The van der Waals surface area contributed by atoms with E-state index in [0.717, 1.165) is 37.4 Å². The Morgan fingerprint density at radius 3 is 2.50 bits per heavy atom. The number of rotatable bonds is 4. The van der Waals surface area contributed by atoms with Gasteiger partial charge in [0.25, 0.3) is 0 Å². The van der Waals surface area contributed by atoms with Crippen LogP contribution in [0.3, 0.4) is 0 Å².